The molecule has 0 unspecified atom stereocenters. The van der Waals surface area contributed by atoms with E-state index in [0.717, 1.165) is 18.8 Å². The zero-order valence-electron chi connectivity index (χ0n) is 8.27. The van der Waals surface area contributed by atoms with Crippen molar-refractivity contribution in [1.82, 2.24) is 0 Å². The molecule has 0 aliphatic carbocycles. The molecule has 0 aliphatic rings. The van der Waals surface area contributed by atoms with E-state index in [-0.39, 0.29) is 24.8 Å². The highest BCUT2D eigenvalue weighted by molar-refractivity contribution is 5.85. The van der Waals surface area contributed by atoms with Gasteiger partial charge in [0.1, 0.15) is 0 Å². The van der Waals surface area contributed by atoms with Crippen molar-refractivity contribution in [3.63, 3.8) is 0 Å². The van der Waals surface area contributed by atoms with Crippen LogP contribution in [0.2, 0.25) is 0 Å². The van der Waals surface area contributed by atoms with Crippen molar-refractivity contribution in [1.29, 1.82) is 0 Å². The predicted molar refractivity (Wildman–Crippen MR) is 64.4 cm³/mol. The van der Waals surface area contributed by atoms with Crippen molar-refractivity contribution in [2.75, 3.05) is 18.4 Å². The highest BCUT2D eigenvalue weighted by atomic mass is 35.5. The van der Waals surface area contributed by atoms with E-state index in [4.69, 9.17) is 5.73 Å². The van der Waals surface area contributed by atoms with Crippen molar-refractivity contribution in [3.8, 4) is 0 Å². The second kappa shape index (κ2) is 9.06. The Labute approximate surface area is 97.5 Å². The molecular weight excluding hydrogens is 221 g/mol. The molecule has 0 spiro atoms. The maximum absolute atomic E-state index is 5.42. The lowest BCUT2D eigenvalue weighted by Gasteiger charge is -2.00. The average molecular weight is 239 g/mol. The molecule has 82 valence electrons. The fourth-order valence-corrected chi connectivity index (χ4v) is 1.08. The Kier molecular flexibility index (Phi) is 10.3. The summed E-state index contributed by atoms with van der Waals surface area (Å²) in [5.41, 5.74) is 6.58. The molecule has 0 saturated heterocycles. The van der Waals surface area contributed by atoms with Crippen molar-refractivity contribution in [3.05, 3.63) is 24.5 Å². The number of nitrogens with two attached hydrogens (primary N) is 1. The normalized spacial score (nSPS) is 8.43. The molecule has 1 aromatic rings. The Morgan fingerprint density at radius 2 is 1.86 bits per heavy atom. The lowest BCUT2D eigenvalue weighted by molar-refractivity contribution is -0.694. The number of nitrogens with zero attached hydrogens (tertiary/aromatic N) is 1. The molecule has 3 nitrogen and oxygen atoms in total. The van der Waals surface area contributed by atoms with Crippen LogP contribution < -0.4 is 15.6 Å². The van der Waals surface area contributed by atoms with Gasteiger partial charge in [0, 0.05) is 24.4 Å². The molecule has 0 saturated carbocycles. The van der Waals surface area contributed by atoms with Gasteiger partial charge in [-0.3, -0.25) is 0 Å². The first-order valence-electron chi connectivity index (χ1n) is 4.30. The third kappa shape index (κ3) is 5.27. The van der Waals surface area contributed by atoms with E-state index in [0.29, 0.717) is 6.54 Å². The van der Waals surface area contributed by atoms with E-state index in [1.165, 1.54) is 0 Å². The largest absolute Gasteiger partial charge is 0.385 e. The number of rotatable bonds is 4. The number of pyridine rings is 1. The molecule has 3 N–H and O–H groups in total. The van der Waals surface area contributed by atoms with Crippen molar-refractivity contribution in [2.24, 2.45) is 5.73 Å². The van der Waals surface area contributed by atoms with Gasteiger partial charge in [-0.2, -0.15) is 0 Å². The summed E-state index contributed by atoms with van der Waals surface area (Å²) >= 11 is 0. The maximum Gasteiger partial charge on any atom is 0.170 e. The van der Waals surface area contributed by atoms with Crippen LogP contribution in [-0.2, 0) is 6.54 Å². The van der Waals surface area contributed by atoms with Crippen LogP contribution in [0.15, 0.2) is 24.5 Å². The van der Waals surface area contributed by atoms with Crippen LogP contribution >= 0.6 is 24.8 Å². The number of halogens is 2. The van der Waals surface area contributed by atoms with Crippen LogP contribution in [0.25, 0.3) is 0 Å². The molecule has 0 radical (unpaired) electrons. The van der Waals surface area contributed by atoms with Gasteiger partial charge in [-0.1, -0.05) is 0 Å². The summed E-state index contributed by atoms with van der Waals surface area (Å²) in [6, 6.07) is 4.11. The summed E-state index contributed by atoms with van der Waals surface area (Å²) in [7, 11) is 0. The SMILES string of the molecule is CCNc1cc[n+](CCN)cc1.Cl.Cl. The van der Waals surface area contributed by atoms with Gasteiger partial charge in [-0.25, -0.2) is 4.57 Å². The number of hydrogen-bond donors (Lipinski definition) is 2. The first-order chi connectivity index (χ1) is 5.86. The average Bonchev–Trinajstić information content (AvgIpc) is 2.09. The summed E-state index contributed by atoms with van der Waals surface area (Å²) < 4.78 is 2.07. The topological polar surface area (TPSA) is 41.9 Å². The van der Waals surface area contributed by atoms with Crippen LogP contribution in [0.1, 0.15) is 6.92 Å². The van der Waals surface area contributed by atoms with Gasteiger partial charge < -0.3 is 11.1 Å². The Hall–Kier alpha value is -0.510. The molecule has 5 heteroatoms. The van der Waals surface area contributed by atoms with Gasteiger partial charge in [0.2, 0.25) is 0 Å². The number of hydrogen-bond acceptors (Lipinski definition) is 2. The van der Waals surface area contributed by atoms with Gasteiger partial charge in [-0.05, 0) is 6.92 Å². The summed E-state index contributed by atoms with van der Waals surface area (Å²) in [5, 5.41) is 3.23. The smallest absolute Gasteiger partial charge is 0.170 e. The first kappa shape index (κ1) is 15.9. The van der Waals surface area contributed by atoms with E-state index in [2.05, 4.69) is 28.9 Å². The van der Waals surface area contributed by atoms with E-state index in [1.807, 2.05) is 12.4 Å². The summed E-state index contributed by atoms with van der Waals surface area (Å²) in [6.45, 7) is 4.61. The van der Waals surface area contributed by atoms with Crippen LogP contribution in [0.3, 0.4) is 0 Å². The van der Waals surface area contributed by atoms with Gasteiger partial charge in [0.15, 0.2) is 18.9 Å². The number of anilines is 1. The Morgan fingerprint density at radius 1 is 1.29 bits per heavy atom. The molecule has 0 amide bonds. The van der Waals surface area contributed by atoms with E-state index < -0.39 is 0 Å². The standard InChI is InChI=1S/C9H15N3.2ClH/c1-2-11-9-3-6-12(7-4-9)8-5-10;;/h3-4,6-7H,2,5,8,10H2,1H3;2*1H/p+1. The summed E-state index contributed by atoms with van der Waals surface area (Å²) in [5.74, 6) is 0. The third-order valence-electron chi connectivity index (χ3n) is 1.66. The molecule has 0 fully saturated rings. The fraction of sp³-hybridized carbons (Fsp3) is 0.444. The van der Waals surface area contributed by atoms with E-state index >= 15 is 0 Å². The second-order valence-electron chi connectivity index (χ2n) is 2.64. The minimum absolute atomic E-state index is 0. The predicted octanol–water partition coefficient (Wildman–Crippen LogP) is 1.21. The molecule has 0 aromatic carbocycles. The maximum atomic E-state index is 5.42. The molecule has 0 aliphatic heterocycles. The minimum atomic E-state index is 0. The highest BCUT2D eigenvalue weighted by Gasteiger charge is 1.96. The zero-order chi connectivity index (χ0) is 8.81. The molecular formula is C9H18Cl2N3+. The van der Waals surface area contributed by atoms with Crippen molar-refractivity contribution in [2.45, 2.75) is 13.5 Å². The van der Waals surface area contributed by atoms with Crippen LogP contribution in [0.4, 0.5) is 5.69 Å². The first-order valence-corrected chi connectivity index (χ1v) is 4.30. The number of aromatic nitrogens is 1. The van der Waals surface area contributed by atoms with E-state index in [9.17, 15) is 0 Å². The van der Waals surface area contributed by atoms with Crippen LogP contribution in [0.5, 0.6) is 0 Å². The van der Waals surface area contributed by atoms with Gasteiger partial charge in [-0.15, -0.1) is 24.8 Å². The Bertz CT molecular complexity index is 201. The quantitative estimate of drug-likeness (QED) is 0.775. The molecule has 0 atom stereocenters. The van der Waals surface area contributed by atoms with Gasteiger partial charge in [0.25, 0.3) is 0 Å². The Balaban J connectivity index is 0. The van der Waals surface area contributed by atoms with Crippen LogP contribution in [0, 0.1) is 0 Å². The van der Waals surface area contributed by atoms with Crippen molar-refractivity contribution >= 4 is 30.5 Å². The van der Waals surface area contributed by atoms with Crippen LogP contribution in [-0.4, -0.2) is 13.1 Å². The monoisotopic (exact) mass is 238 g/mol. The van der Waals surface area contributed by atoms with E-state index in [1.54, 1.807) is 0 Å². The van der Waals surface area contributed by atoms with Gasteiger partial charge >= 0.3 is 0 Å². The molecule has 1 heterocycles. The lowest BCUT2D eigenvalue weighted by atomic mass is 10.4. The zero-order valence-corrected chi connectivity index (χ0v) is 9.90. The lowest BCUT2D eigenvalue weighted by Crippen LogP contribution is -2.36. The van der Waals surface area contributed by atoms with Gasteiger partial charge in [0.05, 0.1) is 6.54 Å². The summed E-state index contributed by atoms with van der Waals surface area (Å²) in [6.07, 6.45) is 4.07. The number of nitrogens with one attached hydrogen (secondary N) is 1. The molecule has 1 aromatic heterocycles. The second-order valence-corrected chi connectivity index (χ2v) is 2.64. The Morgan fingerprint density at radius 3 is 2.29 bits per heavy atom. The molecule has 0 bridgehead atoms. The molecule has 1 rings (SSSR count). The highest BCUT2D eigenvalue weighted by Crippen LogP contribution is 2.00. The van der Waals surface area contributed by atoms with Crippen molar-refractivity contribution < 1.29 is 4.57 Å². The molecule has 14 heavy (non-hydrogen) atoms. The summed E-state index contributed by atoms with van der Waals surface area (Å²) in [4.78, 5) is 0. The third-order valence-corrected chi connectivity index (χ3v) is 1.66. The fourth-order valence-electron chi connectivity index (χ4n) is 1.08. The minimum Gasteiger partial charge on any atom is -0.385 e.